The summed E-state index contributed by atoms with van der Waals surface area (Å²) in [5.41, 5.74) is 6.09. The van der Waals surface area contributed by atoms with E-state index in [1.807, 2.05) is 31.2 Å². The first-order valence-corrected chi connectivity index (χ1v) is 7.50. The molecule has 3 nitrogen and oxygen atoms in total. The third-order valence-electron chi connectivity index (χ3n) is 4.34. The topological polar surface area (TPSA) is 46.3 Å². The summed E-state index contributed by atoms with van der Waals surface area (Å²) in [7, 11) is 1.79. The molecule has 2 rings (SSSR count). The van der Waals surface area contributed by atoms with Crippen LogP contribution in [0.4, 0.5) is 0 Å². The van der Waals surface area contributed by atoms with Gasteiger partial charge in [-0.2, -0.15) is 0 Å². The van der Waals surface area contributed by atoms with E-state index in [1.165, 1.54) is 0 Å². The van der Waals surface area contributed by atoms with Crippen LogP contribution in [0.15, 0.2) is 24.3 Å². The minimum absolute atomic E-state index is 0.00340. The summed E-state index contributed by atoms with van der Waals surface area (Å²) in [5, 5.41) is 0.664. The van der Waals surface area contributed by atoms with Crippen LogP contribution in [0.3, 0.4) is 0 Å². The Morgan fingerprint density at radius 3 is 2.50 bits per heavy atom. The highest BCUT2D eigenvalue weighted by molar-refractivity contribution is 7.80. The number of carbonyl (C=O) groups is 1. The van der Waals surface area contributed by atoms with Crippen molar-refractivity contribution < 1.29 is 4.79 Å². The summed E-state index contributed by atoms with van der Waals surface area (Å²) < 4.78 is 0. The fourth-order valence-electron chi connectivity index (χ4n) is 2.63. The van der Waals surface area contributed by atoms with Gasteiger partial charge in [0, 0.05) is 12.1 Å². The molecule has 1 aromatic rings. The molecule has 20 heavy (non-hydrogen) atoms. The van der Waals surface area contributed by atoms with Crippen LogP contribution in [-0.2, 0) is 4.79 Å². The van der Waals surface area contributed by atoms with Crippen molar-refractivity contribution in [2.45, 2.75) is 32.2 Å². The van der Waals surface area contributed by atoms with Crippen LogP contribution in [0.25, 0.3) is 0 Å². The lowest BCUT2D eigenvalue weighted by Gasteiger charge is -2.43. The predicted octanol–water partition coefficient (Wildman–Crippen LogP) is 3.32. The summed E-state index contributed by atoms with van der Waals surface area (Å²) in [6.07, 6.45) is 2.50. The molecule has 0 heterocycles. The van der Waals surface area contributed by atoms with Gasteiger partial charge in [0.2, 0.25) is 5.91 Å². The van der Waals surface area contributed by atoms with E-state index in [9.17, 15) is 4.79 Å². The molecule has 1 atom stereocenters. The number of hydrogen-bond acceptors (Lipinski definition) is 2. The molecule has 5 heteroatoms. The summed E-state index contributed by atoms with van der Waals surface area (Å²) >= 11 is 11.3. The number of hydrogen-bond donors (Lipinski definition) is 1. The molecule has 0 bridgehead atoms. The van der Waals surface area contributed by atoms with Gasteiger partial charge < -0.3 is 10.6 Å². The zero-order valence-corrected chi connectivity index (χ0v) is 13.3. The lowest BCUT2D eigenvalue weighted by molar-refractivity contribution is -0.142. The van der Waals surface area contributed by atoms with E-state index in [4.69, 9.17) is 29.6 Å². The molecule has 0 aliphatic heterocycles. The van der Waals surface area contributed by atoms with E-state index in [1.54, 1.807) is 11.9 Å². The molecule has 1 saturated carbocycles. The van der Waals surface area contributed by atoms with Gasteiger partial charge in [-0.1, -0.05) is 48.4 Å². The molecule has 1 amide bonds. The number of amides is 1. The fraction of sp³-hybridized carbons (Fsp3) is 0.467. The van der Waals surface area contributed by atoms with Crippen LogP contribution >= 0.6 is 23.8 Å². The zero-order chi connectivity index (χ0) is 14.9. The molecule has 1 aromatic carbocycles. The lowest BCUT2D eigenvalue weighted by Crippen LogP contribution is -2.53. The van der Waals surface area contributed by atoms with Crippen molar-refractivity contribution in [3.8, 4) is 0 Å². The molecule has 1 unspecified atom stereocenters. The maximum atomic E-state index is 12.7. The van der Waals surface area contributed by atoms with Crippen LogP contribution in [-0.4, -0.2) is 22.8 Å². The van der Waals surface area contributed by atoms with Crippen molar-refractivity contribution in [3.05, 3.63) is 34.9 Å². The van der Waals surface area contributed by atoms with Crippen LogP contribution < -0.4 is 5.73 Å². The molecule has 0 spiro atoms. The summed E-state index contributed by atoms with van der Waals surface area (Å²) in [4.78, 5) is 14.8. The molecule has 108 valence electrons. The predicted molar refractivity (Wildman–Crippen MR) is 85.7 cm³/mol. The highest BCUT2D eigenvalue weighted by Gasteiger charge is 2.49. The zero-order valence-electron chi connectivity index (χ0n) is 11.7. The molecular weight excluding hydrogens is 292 g/mol. The number of nitrogens with zero attached hydrogens (tertiary/aromatic N) is 1. The quantitative estimate of drug-likeness (QED) is 0.868. The highest BCUT2D eigenvalue weighted by Crippen LogP contribution is 2.44. The average Bonchev–Trinajstić information content (AvgIpc) is 2.35. The summed E-state index contributed by atoms with van der Waals surface area (Å²) in [5.74, 6) is 0.00340. The Balaban J connectivity index is 2.23. The maximum Gasteiger partial charge on any atom is 0.235 e. The molecular formula is C15H19ClN2OS. The van der Waals surface area contributed by atoms with Gasteiger partial charge in [-0.15, -0.1) is 0 Å². The van der Waals surface area contributed by atoms with Crippen LogP contribution in [0.5, 0.6) is 0 Å². The molecule has 0 saturated heterocycles. The van der Waals surface area contributed by atoms with Gasteiger partial charge in [-0.05, 0) is 31.4 Å². The smallest absolute Gasteiger partial charge is 0.235 e. The first-order chi connectivity index (χ1) is 9.40. The van der Waals surface area contributed by atoms with Crippen LogP contribution in [0, 0.1) is 5.41 Å². The normalized spacial score (nSPS) is 17.9. The molecule has 1 fully saturated rings. The number of benzene rings is 1. The third kappa shape index (κ3) is 2.42. The van der Waals surface area contributed by atoms with Gasteiger partial charge in [0.1, 0.15) is 0 Å². The number of nitrogens with two attached hydrogens (primary N) is 1. The Morgan fingerprint density at radius 1 is 1.45 bits per heavy atom. The largest absolute Gasteiger partial charge is 0.392 e. The van der Waals surface area contributed by atoms with E-state index in [2.05, 4.69) is 0 Å². The summed E-state index contributed by atoms with van der Waals surface area (Å²) in [6, 6.07) is 7.46. The minimum atomic E-state index is -0.639. The number of halogens is 1. The van der Waals surface area contributed by atoms with Gasteiger partial charge in [-0.3, -0.25) is 4.79 Å². The lowest BCUT2D eigenvalue weighted by atomic mass is 9.67. The third-order valence-corrected chi connectivity index (χ3v) is 5.08. The number of carbonyl (C=O) groups excluding carboxylic acids is 1. The Morgan fingerprint density at radius 2 is 2.05 bits per heavy atom. The monoisotopic (exact) mass is 310 g/mol. The van der Waals surface area contributed by atoms with Gasteiger partial charge in [0.25, 0.3) is 0 Å². The van der Waals surface area contributed by atoms with Crippen molar-refractivity contribution in [2.75, 3.05) is 7.05 Å². The second kappa shape index (κ2) is 5.70. The molecule has 0 radical (unpaired) electrons. The Hall–Kier alpha value is -1.13. The molecule has 2 N–H and O–H groups in total. The van der Waals surface area contributed by atoms with E-state index in [0.29, 0.717) is 10.0 Å². The standard InChI is InChI=1S/C15H19ClN2OS/c1-10(11-6-3-4-7-12(11)16)18(2)14(19)15(13(17)20)8-5-9-15/h3-4,6-7,10H,5,8-9H2,1-2H3,(H2,17,20). The van der Waals surface area contributed by atoms with Crippen LogP contribution in [0.2, 0.25) is 5.02 Å². The van der Waals surface area contributed by atoms with E-state index in [0.717, 1.165) is 24.8 Å². The van der Waals surface area contributed by atoms with Crippen LogP contribution in [0.1, 0.15) is 37.8 Å². The van der Waals surface area contributed by atoms with Crippen molar-refractivity contribution in [3.63, 3.8) is 0 Å². The molecule has 0 aromatic heterocycles. The molecule has 1 aliphatic rings. The van der Waals surface area contributed by atoms with Gasteiger partial charge >= 0.3 is 0 Å². The van der Waals surface area contributed by atoms with Gasteiger partial charge in [0.05, 0.1) is 16.4 Å². The highest BCUT2D eigenvalue weighted by atomic mass is 35.5. The maximum absolute atomic E-state index is 12.7. The average molecular weight is 311 g/mol. The van der Waals surface area contributed by atoms with Crippen molar-refractivity contribution in [2.24, 2.45) is 11.1 Å². The minimum Gasteiger partial charge on any atom is -0.392 e. The van der Waals surface area contributed by atoms with Crippen molar-refractivity contribution in [1.29, 1.82) is 0 Å². The molecule has 1 aliphatic carbocycles. The van der Waals surface area contributed by atoms with E-state index >= 15 is 0 Å². The van der Waals surface area contributed by atoms with Gasteiger partial charge in [0.15, 0.2) is 0 Å². The first kappa shape index (κ1) is 15.3. The summed E-state index contributed by atoms with van der Waals surface area (Å²) in [6.45, 7) is 1.96. The number of thiocarbonyl (C=S) groups is 1. The Bertz CT molecular complexity index is 542. The second-order valence-electron chi connectivity index (χ2n) is 5.41. The Kier molecular flexibility index (Phi) is 4.35. The first-order valence-electron chi connectivity index (χ1n) is 6.72. The number of rotatable bonds is 4. The van der Waals surface area contributed by atoms with E-state index < -0.39 is 5.41 Å². The van der Waals surface area contributed by atoms with Gasteiger partial charge in [-0.25, -0.2) is 0 Å². The van der Waals surface area contributed by atoms with Crippen molar-refractivity contribution >= 4 is 34.7 Å². The fourth-order valence-corrected chi connectivity index (χ4v) is 3.22. The SMILES string of the molecule is CC(c1ccccc1Cl)N(C)C(=O)C1(C(N)=S)CCC1. The van der Waals surface area contributed by atoms with Crippen molar-refractivity contribution in [1.82, 2.24) is 4.90 Å². The van der Waals surface area contributed by atoms with E-state index in [-0.39, 0.29) is 11.9 Å². The second-order valence-corrected chi connectivity index (χ2v) is 6.26. The Labute approximate surface area is 130 Å².